The monoisotopic (exact) mass is 686 g/mol. The van der Waals surface area contributed by atoms with Crippen LogP contribution in [0.5, 0.6) is 23.0 Å². The van der Waals surface area contributed by atoms with Gasteiger partial charge in [-0.15, -0.1) is 0 Å². The zero-order chi connectivity index (χ0) is 30.6. The molecule has 4 aromatic rings. The summed E-state index contributed by atoms with van der Waals surface area (Å²) < 4.78 is 16.8. The number of hydrogen-bond donors (Lipinski definition) is 2. The summed E-state index contributed by atoms with van der Waals surface area (Å²) in [6.07, 6.45) is 5.66. The number of nitro groups is 2. The van der Waals surface area contributed by atoms with Gasteiger partial charge < -0.3 is 25.7 Å². The minimum absolute atomic E-state index is 0.0197. The third-order valence-corrected chi connectivity index (χ3v) is 6.17. The molecule has 0 aliphatic carbocycles. The maximum Gasteiger partial charge on any atom is 0.330 e. The predicted octanol–water partition coefficient (Wildman–Crippen LogP) is 5.91. The number of nitrogen functional groups attached to an aromatic ring is 2. The van der Waals surface area contributed by atoms with E-state index in [1.807, 2.05) is 22.6 Å². The van der Waals surface area contributed by atoms with Crippen LogP contribution in [0.2, 0.25) is 0 Å². The number of nitro benzene ring substituents is 2. The van der Waals surface area contributed by atoms with Crippen LogP contribution in [0.3, 0.4) is 0 Å². The van der Waals surface area contributed by atoms with Crippen LogP contribution in [0.4, 0.5) is 23.0 Å². The number of benzene rings is 2. The van der Waals surface area contributed by atoms with Gasteiger partial charge in [0, 0.05) is 48.8 Å². The molecule has 4 rings (SSSR count). The summed E-state index contributed by atoms with van der Waals surface area (Å²) in [5.74, 6) is 1.86. The van der Waals surface area contributed by atoms with Crippen LogP contribution < -0.4 is 20.9 Å². The lowest BCUT2D eigenvalue weighted by atomic mass is 10.2. The van der Waals surface area contributed by atoms with Gasteiger partial charge >= 0.3 is 5.97 Å². The summed E-state index contributed by atoms with van der Waals surface area (Å²) in [4.78, 5) is 39.5. The van der Waals surface area contributed by atoms with Crippen LogP contribution in [0.25, 0.3) is 6.08 Å². The van der Waals surface area contributed by atoms with Crippen LogP contribution in [0.15, 0.2) is 79.1 Å². The summed E-state index contributed by atoms with van der Waals surface area (Å²) in [7, 11) is 0. The minimum atomic E-state index is -0.512. The van der Waals surface area contributed by atoms with E-state index in [-0.39, 0.29) is 23.8 Å². The second kappa shape index (κ2) is 14.9. The van der Waals surface area contributed by atoms with Gasteiger partial charge in [-0.2, -0.15) is 0 Å². The zero-order valence-electron chi connectivity index (χ0n) is 21.9. The number of halogens is 1. The summed E-state index contributed by atoms with van der Waals surface area (Å²) >= 11 is 2.03. The van der Waals surface area contributed by atoms with Crippen molar-refractivity contribution in [2.75, 3.05) is 18.1 Å². The fraction of sp³-hybridized carbons (Fsp3) is 0.0741. The minimum Gasteiger partial charge on any atom is -0.463 e. The smallest absolute Gasteiger partial charge is 0.330 e. The number of esters is 1. The summed E-state index contributed by atoms with van der Waals surface area (Å²) in [5, 5.41) is 21.2. The molecule has 0 spiro atoms. The molecule has 0 radical (unpaired) electrons. The lowest BCUT2D eigenvalue weighted by molar-refractivity contribution is -0.385. The molecule has 0 unspecified atom stereocenters. The Labute approximate surface area is 252 Å². The number of rotatable bonds is 9. The number of aromatic nitrogens is 2. The van der Waals surface area contributed by atoms with Gasteiger partial charge in [0.25, 0.3) is 11.4 Å². The fourth-order valence-corrected chi connectivity index (χ4v) is 3.54. The first kappa shape index (κ1) is 31.2. The van der Waals surface area contributed by atoms with Gasteiger partial charge in [0.1, 0.15) is 34.6 Å². The van der Waals surface area contributed by atoms with Gasteiger partial charge in [0.2, 0.25) is 0 Å². The van der Waals surface area contributed by atoms with Crippen molar-refractivity contribution in [1.29, 1.82) is 0 Å². The predicted molar refractivity (Wildman–Crippen MR) is 162 cm³/mol. The Morgan fingerprint density at radius 3 is 1.81 bits per heavy atom. The Balaban J connectivity index is 0.000000240. The van der Waals surface area contributed by atoms with Crippen LogP contribution in [-0.4, -0.2) is 32.4 Å². The van der Waals surface area contributed by atoms with Crippen molar-refractivity contribution in [2.24, 2.45) is 0 Å². The van der Waals surface area contributed by atoms with E-state index in [0.717, 1.165) is 0 Å². The molecule has 2 heterocycles. The van der Waals surface area contributed by atoms with Crippen LogP contribution in [0.1, 0.15) is 12.5 Å². The van der Waals surface area contributed by atoms with Gasteiger partial charge in [-0.05, 0) is 65.9 Å². The number of nitrogens with two attached hydrogens (primary N) is 2. The topological polar surface area (TPSA) is 209 Å². The zero-order valence-corrected chi connectivity index (χ0v) is 24.0. The van der Waals surface area contributed by atoms with Crippen molar-refractivity contribution in [3.63, 3.8) is 0 Å². The first-order chi connectivity index (χ1) is 20.1. The summed E-state index contributed by atoms with van der Waals surface area (Å²) in [6.45, 7) is 1.96. The first-order valence-corrected chi connectivity index (χ1v) is 13.0. The van der Waals surface area contributed by atoms with Crippen molar-refractivity contribution in [1.82, 2.24) is 9.97 Å². The van der Waals surface area contributed by atoms with Crippen molar-refractivity contribution < 1.29 is 28.9 Å². The Hall–Kier alpha value is -5.32. The molecule has 0 aliphatic rings. The fourth-order valence-electron chi connectivity index (χ4n) is 3.11. The van der Waals surface area contributed by atoms with Crippen molar-refractivity contribution in [3.05, 3.63) is 108 Å². The van der Waals surface area contributed by atoms with Gasteiger partial charge in [0.15, 0.2) is 0 Å². The van der Waals surface area contributed by atoms with E-state index in [0.29, 0.717) is 37.9 Å². The summed E-state index contributed by atoms with van der Waals surface area (Å²) in [5.41, 5.74) is 11.8. The van der Waals surface area contributed by atoms with Gasteiger partial charge in [0.05, 0.1) is 25.6 Å². The molecular weight excluding hydrogens is 663 g/mol. The number of carbonyl (C=O) groups is 1. The van der Waals surface area contributed by atoms with E-state index in [4.69, 9.17) is 25.7 Å². The highest BCUT2D eigenvalue weighted by molar-refractivity contribution is 14.1. The molecule has 0 fully saturated rings. The summed E-state index contributed by atoms with van der Waals surface area (Å²) in [6, 6.07) is 14.7. The normalized spacial score (nSPS) is 10.3. The van der Waals surface area contributed by atoms with Crippen molar-refractivity contribution >= 4 is 57.6 Å². The molecule has 42 heavy (non-hydrogen) atoms. The molecule has 0 amide bonds. The van der Waals surface area contributed by atoms with Gasteiger partial charge in [-0.1, -0.05) is 0 Å². The first-order valence-electron chi connectivity index (χ1n) is 11.9. The molecule has 4 N–H and O–H groups in total. The second-order valence-electron chi connectivity index (χ2n) is 7.91. The largest absolute Gasteiger partial charge is 0.463 e. The number of carbonyl (C=O) groups excluding carboxylic acids is 1. The van der Waals surface area contributed by atoms with Crippen LogP contribution in [-0.2, 0) is 9.53 Å². The number of ether oxygens (including phenoxy) is 3. The second-order valence-corrected chi connectivity index (χ2v) is 8.99. The molecule has 0 bridgehead atoms. The van der Waals surface area contributed by atoms with E-state index in [1.165, 1.54) is 73.1 Å². The molecule has 14 nitrogen and oxygen atoms in total. The molecule has 0 saturated carbocycles. The number of non-ortho nitro benzene ring substituents is 2. The molecule has 2 aromatic heterocycles. The van der Waals surface area contributed by atoms with Gasteiger partial charge in [-0.3, -0.25) is 20.2 Å². The quantitative estimate of drug-likeness (QED) is 0.0692. The van der Waals surface area contributed by atoms with E-state index in [1.54, 1.807) is 19.1 Å². The average Bonchev–Trinajstić information content (AvgIpc) is 2.96. The number of anilines is 2. The number of hydrogen-bond acceptors (Lipinski definition) is 12. The van der Waals surface area contributed by atoms with Gasteiger partial charge in [-0.25, -0.2) is 14.8 Å². The van der Waals surface area contributed by atoms with Crippen molar-refractivity contribution in [2.45, 2.75) is 6.92 Å². The highest BCUT2D eigenvalue weighted by Gasteiger charge is 2.11. The molecule has 0 atom stereocenters. The molecule has 0 aliphatic heterocycles. The molecule has 0 saturated heterocycles. The maximum absolute atomic E-state index is 11.4. The van der Waals surface area contributed by atoms with Crippen LogP contribution in [0, 0.1) is 23.8 Å². The van der Waals surface area contributed by atoms with E-state index in [9.17, 15) is 25.0 Å². The third-order valence-electron chi connectivity index (χ3n) is 5.09. The Kier molecular flexibility index (Phi) is 11.1. The maximum atomic E-state index is 11.4. The van der Waals surface area contributed by atoms with E-state index < -0.39 is 15.8 Å². The van der Waals surface area contributed by atoms with E-state index in [2.05, 4.69) is 9.97 Å². The third kappa shape index (κ3) is 8.85. The highest BCUT2D eigenvalue weighted by atomic mass is 127. The molecule has 2 aromatic carbocycles. The molecule has 216 valence electrons. The molecular formula is C27H23IN6O8. The standard InChI is InChI=1S/C16H15N3O5.C11H8IN3O3/c1-2-23-15(20)8-7-13-14(9-10-18-16(13)17)24-12-5-3-11(4-6-12)19(21)22;12-10-9(5-6-14-11(10)13)18-8-3-1-7(2-4-8)15(16)17/h3-10H,2H2,1H3,(H2,17,18);1-6H,(H2,13,14)/b8-7+;. The Bertz CT molecular complexity index is 1600. The van der Waals surface area contributed by atoms with E-state index >= 15 is 0 Å². The van der Waals surface area contributed by atoms with Crippen molar-refractivity contribution in [3.8, 4) is 23.0 Å². The lowest BCUT2D eigenvalue weighted by Crippen LogP contribution is -2.00. The van der Waals surface area contributed by atoms with Crippen LogP contribution >= 0.6 is 22.6 Å². The molecule has 15 heteroatoms. The Morgan fingerprint density at radius 1 is 0.833 bits per heavy atom. The number of nitrogens with zero attached hydrogens (tertiary/aromatic N) is 4. The lowest BCUT2D eigenvalue weighted by Gasteiger charge is -2.10. The SMILES string of the molecule is CCOC(=O)/C=C/c1c(Oc2ccc([N+](=O)[O-])cc2)ccnc1N.Nc1nccc(Oc2ccc([N+](=O)[O-])cc2)c1I. The average molecular weight is 686 g/mol. The number of pyridine rings is 2. The highest BCUT2D eigenvalue weighted by Crippen LogP contribution is 2.31. The Morgan fingerprint density at radius 2 is 1.31 bits per heavy atom.